The summed E-state index contributed by atoms with van der Waals surface area (Å²) in [5, 5.41) is 11.0. The molecule has 0 saturated carbocycles. The van der Waals surface area contributed by atoms with Gasteiger partial charge in [-0.25, -0.2) is 4.98 Å². The number of H-pyrrole nitrogens is 1. The van der Waals surface area contributed by atoms with Crippen LogP contribution in [0.3, 0.4) is 0 Å². The van der Waals surface area contributed by atoms with Crippen LogP contribution < -0.4 is 16.0 Å². The van der Waals surface area contributed by atoms with E-state index < -0.39 is 0 Å². The smallest absolute Gasteiger partial charge is 0.276 e. The van der Waals surface area contributed by atoms with Crippen molar-refractivity contribution in [2.75, 3.05) is 25.0 Å². The lowest BCUT2D eigenvalue weighted by molar-refractivity contribution is 0.0945. The van der Waals surface area contributed by atoms with Gasteiger partial charge in [0, 0.05) is 18.1 Å². The molecule has 2 amide bonds. The number of rotatable bonds is 5. The maximum Gasteiger partial charge on any atom is 0.276 e. The maximum atomic E-state index is 12.8. The number of carbonyl (C=O) groups excluding carboxylic acids is 2. The van der Waals surface area contributed by atoms with Crippen molar-refractivity contribution >= 4 is 39.6 Å². The molecule has 4 N–H and O–H groups in total. The van der Waals surface area contributed by atoms with Crippen LogP contribution in [0.1, 0.15) is 33.7 Å². The molecule has 0 radical (unpaired) electrons. The van der Waals surface area contributed by atoms with Crippen LogP contribution in [0.2, 0.25) is 0 Å². The number of hydrogen-bond acceptors (Lipinski definition) is 5. The van der Waals surface area contributed by atoms with E-state index in [1.807, 2.05) is 30.3 Å². The Balaban J connectivity index is 1.32. The summed E-state index contributed by atoms with van der Waals surface area (Å²) >= 11 is 0. The molecular formula is C24H24N6O2. The van der Waals surface area contributed by atoms with E-state index in [2.05, 4.69) is 30.9 Å². The summed E-state index contributed by atoms with van der Waals surface area (Å²) in [6.45, 7) is 2.59. The molecule has 1 saturated heterocycles. The van der Waals surface area contributed by atoms with Gasteiger partial charge in [0.25, 0.3) is 11.8 Å². The summed E-state index contributed by atoms with van der Waals surface area (Å²) in [6, 6.07) is 14.8. The molecule has 8 heteroatoms. The van der Waals surface area contributed by atoms with Crippen molar-refractivity contribution in [1.82, 2.24) is 25.6 Å². The Morgan fingerprint density at radius 3 is 2.78 bits per heavy atom. The summed E-state index contributed by atoms with van der Waals surface area (Å²) in [7, 11) is 0. The molecule has 1 unspecified atom stereocenters. The third-order valence-electron chi connectivity index (χ3n) is 5.80. The number of para-hydroxylation sites is 1. The lowest BCUT2D eigenvalue weighted by Crippen LogP contribution is -2.38. The third kappa shape index (κ3) is 4.17. The summed E-state index contributed by atoms with van der Waals surface area (Å²) < 4.78 is 0. The molecule has 5 rings (SSSR count). The van der Waals surface area contributed by atoms with Crippen LogP contribution in [0, 0.1) is 5.92 Å². The molecule has 32 heavy (non-hydrogen) atoms. The minimum atomic E-state index is -0.370. The fraction of sp³-hybridized carbons (Fsp3) is 0.250. The number of amides is 2. The predicted molar refractivity (Wildman–Crippen MR) is 124 cm³/mol. The number of piperidine rings is 1. The van der Waals surface area contributed by atoms with Crippen LogP contribution in [0.5, 0.6) is 0 Å². The van der Waals surface area contributed by atoms with Gasteiger partial charge in [0.15, 0.2) is 0 Å². The highest BCUT2D eigenvalue weighted by Crippen LogP contribution is 2.20. The van der Waals surface area contributed by atoms with Gasteiger partial charge in [-0.15, -0.1) is 0 Å². The van der Waals surface area contributed by atoms with Gasteiger partial charge in [0.05, 0.1) is 11.1 Å². The van der Waals surface area contributed by atoms with Gasteiger partial charge in [0.2, 0.25) is 5.95 Å². The average molecular weight is 428 g/mol. The van der Waals surface area contributed by atoms with Gasteiger partial charge < -0.3 is 15.6 Å². The minimum Gasteiger partial charge on any atom is -0.352 e. The second-order valence-corrected chi connectivity index (χ2v) is 8.08. The van der Waals surface area contributed by atoms with E-state index in [1.165, 1.54) is 0 Å². The molecule has 2 aromatic carbocycles. The number of benzene rings is 2. The van der Waals surface area contributed by atoms with Gasteiger partial charge in [-0.3, -0.25) is 19.9 Å². The zero-order chi connectivity index (χ0) is 21.9. The lowest BCUT2D eigenvalue weighted by Gasteiger charge is -2.22. The zero-order valence-corrected chi connectivity index (χ0v) is 17.5. The van der Waals surface area contributed by atoms with Crippen LogP contribution >= 0.6 is 0 Å². The highest BCUT2D eigenvalue weighted by atomic mass is 16.2. The SMILES string of the molecule is O=C(Nc1nc2c(C(=O)NCC3CCCNC3)cccc2[nH]1)c1cc2ccccc2cn1. The summed E-state index contributed by atoms with van der Waals surface area (Å²) in [4.78, 5) is 37.3. The number of nitrogens with zero attached hydrogens (tertiary/aromatic N) is 2. The highest BCUT2D eigenvalue weighted by Gasteiger charge is 2.18. The molecule has 1 fully saturated rings. The first-order valence-corrected chi connectivity index (χ1v) is 10.8. The van der Waals surface area contributed by atoms with E-state index in [9.17, 15) is 9.59 Å². The first-order chi connectivity index (χ1) is 15.7. The standard InChI is InChI=1S/C24H24N6O2/c31-22(27-13-15-5-4-10-25-12-15)18-8-3-9-19-21(18)29-24(28-19)30-23(32)20-11-16-6-1-2-7-17(16)14-26-20/h1-3,6-9,11,14-15,25H,4-5,10,12-13H2,(H,27,31)(H2,28,29,30,32). The number of aromatic amines is 1. The van der Waals surface area contributed by atoms with Crippen molar-refractivity contribution in [3.63, 3.8) is 0 Å². The van der Waals surface area contributed by atoms with Gasteiger partial charge in [0.1, 0.15) is 11.2 Å². The molecule has 162 valence electrons. The van der Waals surface area contributed by atoms with Crippen molar-refractivity contribution in [2.45, 2.75) is 12.8 Å². The Kier molecular flexibility index (Phi) is 5.51. The number of pyridine rings is 1. The first kappa shape index (κ1) is 20.1. The van der Waals surface area contributed by atoms with Crippen molar-refractivity contribution < 1.29 is 9.59 Å². The summed E-state index contributed by atoms with van der Waals surface area (Å²) in [5.41, 5.74) is 1.97. The molecular weight excluding hydrogens is 404 g/mol. The fourth-order valence-corrected chi connectivity index (χ4v) is 4.08. The van der Waals surface area contributed by atoms with Crippen LogP contribution in [-0.2, 0) is 0 Å². The normalized spacial score (nSPS) is 16.2. The predicted octanol–water partition coefficient (Wildman–Crippen LogP) is 3.09. The molecule has 1 atom stereocenters. The van der Waals surface area contributed by atoms with Crippen molar-refractivity contribution in [2.24, 2.45) is 5.92 Å². The van der Waals surface area contributed by atoms with Crippen LogP contribution in [0.25, 0.3) is 21.8 Å². The quantitative estimate of drug-likeness (QED) is 0.390. The van der Waals surface area contributed by atoms with E-state index in [0.29, 0.717) is 34.8 Å². The minimum absolute atomic E-state index is 0.165. The number of nitrogens with one attached hydrogen (secondary N) is 4. The van der Waals surface area contributed by atoms with Crippen LogP contribution in [0.4, 0.5) is 5.95 Å². The maximum absolute atomic E-state index is 12.8. The van der Waals surface area contributed by atoms with Gasteiger partial charge in [-0.1, -0.05) is 30.3 Å². The molecule has 3 heterocycles. The Bertz CT molecular complexity index is 1290. The van der Waals surface area contributed by atoms with E-state index in [4.69, 9.17) is 0 Å². The van der Waals surface area contributed by atoms with E-state index in [0.717, 1.165) is 36.7 Å². The number of fused-ring (bicyclic) bond motifs is 2. The summed E-state index contributed by atoms with van der Waals surface area (Å²) in [6.07, 6.45) is 3.91. The number of carbonyl (C=O) groups is 2. The van der Waals surface area contributed by atoms with Crippen molar-refractivity contribution in [3.05, 3.63) is 66.0 Å². The van der Waals surface area contributed by atoms with Gasteiger partial charge in [-0.2, -0.15) is 0 Å². The molecule has 0 aliphatic carbocycles. The van der Waals surface area contributed by atoms with Crippen LogP contribution in [-0.4, -0.2) is 46.4 Å². The lowest BCUT2D eigenvalue weighted by atomic mass is 9.99. The largest absolute Gasteiger partial charge is 0.352 e. The Labute approximate surface area is 184 Å². The second-order valence-electron chi connectivity index (χ2n) is 8.08. The number of anilines is 1. The molecule has 4 aromatic rings. The molecule has 2 aromatic heterocycles. The van der Waals surface area contributed by atoms with E-state index in [-0.39, 0.29) is 17.8 Å². The number of imidazole rings is 1. The Morgan fingerprint density at radius 2 is 1.94 bits per heavy atom. The molecule has 0 spiro atoms. The topological polar surface area (TPSA) is 112 Å². The van der Waals surface area contributed by atoms with Crippen molar-refractivity contribution in [1.29, 1.82) is 0 Å². The molecule has 8 nitrogen and oxygen atoms in total. The number of hydrogen-bond donors (Lipinski definition) is 4. The van der Waals surface area contributed by atoms with Crippen molar-refractivity contribution in [3.8, 4) is 0 Å². The van der Waals surface area contributed by atoms with E-state index in [1.54, 1.807) is 24.4 Å². The molecule has 1 aliphatic heterocycles. The van der Waals surface area contributed by atoms with Gasteiger partial charge in [-0.05, 0) is 55.4 Å². The van der Waals surface area contributed by atoms with Gasteiger partial charge >= 0.3 is 0 Å². The Hall–Kier alpha value is -3.78. The first-order valence-electron chi connectivity index (χ1n) is 10.8. The van der Waals surface area contributed by atoms with E-state index >= 15 is 0 Å². The monoisotopic (exact) mass is 428 g/mol. The van der Waals surface area contributed by atoms with Crippen LogP contribution in [0.15, 0.2) is 54.7 Å². The molecule has 1 aliphatic rings. The fourth-order valence-electron chi connectivity index (χ4n) is 4.08. The average Bonchev–Trinajstić information content (AvgIpc) is 3.25. The Morgan fingerprint density at radius 1 is 1.06 bits per heavy atom. The molecule has 0 bridgehead atoms. The second kappa shape index (κ2) is 8.76. The summed E-state index contributed by atoms with van der Waals surface area (Å²) in [5.74, 6) is 0.180. The number of aromatic nitrogens is 3. The highest BCUT2D eigenvalue weighted by molar-refractivity contribution is 6.07. The third-order valence-corrected chi connectivity index (χ3v) is 5.80. The zero-order valence-electron chi connectivity index (χ0n) is 17.5.